The number of anilines is 1. The quantitative estimate of drug-likeness (QED) is 0.856. The molecule has 0 atom stereocenters. The fourth-order valence-corrected chi connectivity index (χ4v) is 1.76. The summed E-state index contributed by atoms with van der Waals surface area (Å²) in [6.07, 6.45) is 1.38. The smallest absolute Gasteiger partial charge is 0.262 e. The molecule has 5 heteroatoms. The number of ether oxygens (including phenoxy) is 1. The first kappa shape index (κ1) is 12.5. The number of methoxy groups -OCH3 is 1. The van der Waals surface area contributed by atoms with Crippen molar-refractivity contribution in [1.82, 2.24) is 0 Å². The zero-order chi connectivity index (χ0) is 13.1. The van der Waals surface area contributed by atoms with E-state index in [1.807, 2.05) is 18.2 Å². The summed E-state index contributed by atoms with van der Waals surface area (Å²) in [5.74, 6) is 0.451. The van der Waals surface area contributed by atoms with E-state index >= 15 is 0 Å². The van der Waals surface area contributed by atoms with Gasteiger partial charge in [0, 0.05) is 18.8 Å². The molecule has 4 nitrogen and oxygen atoms in total. The van der Waals surface area contributed by atoms with Gasteiger partial charge in [0.2, 0.25) is 5.22 Å². The second kappa shape index (κ2) is 5.14. The molecule has 0 aliphatic rings. The lowest BCUT2D eigenvalue weighted by Crippen LogP contribution is -2.25. The standard InChI is InChI=1S/C13H12ClNO3/c1-15(9-4-3-5-10(8-9)17-2)13(16)11-6-7-18-12(11)14/h3-8H,1-2H3. The predicted molar refractivity (Wildman–Crippen MR) is 69.4 cm³/mol. The number of benzene rings is 1. The molecule has 2 rings (SSSR count). The van der Waals surface area contributed by atoms with E-state index in [9.17, 15) is 4.79 Å². The molecule has 0 N–H and O–H groups in total. The Labute approximate surface area is 110 Å². The van der Waals surface area contributed by atoms with Crippen molar-refractivity contribution in [1.29, 1.82) is 0 Å². The molecule has 1 heterocycles. The fraction of sp³-hybridized carbons (Fsp3) is 0.154. The first-order valence-electron chi connectivity index (χ1n) is 5.28. The number of halogens is 1. The van der Waals surface area contributed by atoms with Gasteiger partial charge in [-0.1, -0.05) is 6.07 Å². The summed E-state index contributed by atoms with van der Waals surface area (Å²) in [7, 11) is 3.24. The molecule has 0 fully saturated rings. The van der Waals surface area contributed by atoms with Gasteiger partial charge in [0.1, 0.15) is 5.75 Å². The number of carbonyl (C=O) groups is 1. The minimum Gasteiger partial charge on any atom is -0.497 e. The molecule has 0 unspecified atom stereocenters. The van der Waals surface area contributed by atoms with Crippen LogP contribution in [0.3, 0.4) is 0 Å². The molecule has 0 saturated heterocycles. The van der Waals surface area contributed by atoms with Crippen LogP contribution in [0.15, 0.2) is 41.0 Å². The van der Waals surface area contributed by atoms with Crippen molar-refractivity contribution in [3.63, 3.8) is 0 Å². The van der Waals surface area contributed by atoms with Crippen LogP contribution in [0.5, 0.6) is 5.75 Å². The van der Waals surface area contributed by atoms with Gasteiger partial charge in [0.15, 0.2) is 0 Å². The first-order valence-corrected chi connectivity index (χ1v) is 5.66. The Hall–Kier alpha value is -1.94. The van der Waals surface area contributed by atoms with Gasteiger partial charge in [0.25, 0.3) is 5.91 Å². The van der Waals surface area contributed by atoms with Gasteiger partial charge in [-0.05, 0) is 29.8 Å². The van der Waals surface area contributed by atoms with E-state index in [4.69, 9.17) is 20.8 Å². The van der Waals surface area contributed by atoms with E-state index in [1.165, 1.54) is 11.2 Å². The highest BCUT2D eigenvalue weighted by Crippen LogP contribution is 2.24. The van der Waals surface area contributed by atoms with Crippen LogP contribution in [0.2, 0.25) is 5.22 Å². The molecular formula is C13H12ClNO3. The number of amides is 1. The van der Waals surface area contributed by atoms with Crippen molar-refractivity contribution in [2.75, 3.05) is 19.1 Å². The Balaban J connectivity index is 2.28. The molecule has 94 valence electrons. The van der Waals surface area contributed by atoms with Crippen LogP contribution in [0, 0.1) is 0 Å². The third-order valence-electron chi connectivity index (χ3n) is 2.59. The van der Waals surface area contributed by atoms with Crippen LogP contribution in [0.1, 0.15) is 10.4 Å². The van der Waals surface area contributed by atoms with Crippen molar-refractivity contribution >= 4 is 23.2 Å². The molecule has 0 aliphatic heterocycles. The van der Waals surface area contributed by atoms with Crippen molar-refractivity contribution in [3.8, 4) is 5.75 Å². The predicted octanol–water partition coefficient (Wildman–Crippen LogP) is 3.22. The Bertz CT molecular complexity index is 565. The van der Waals surface area contributed by atoms with Crippen LogP contribution < -0.4 is 9.64 Å². The van der Waals surface area contributed by atoms with Crippen LogP contribution in [0.25, 0.3) is 0 Å². The fourth-order valence-electron chi connectivity index (χ4n) is 1.56. The topological polar surface area (TPSA) is 42.7 Å². The Morgan fingerprint density at radius 3 is 2.78 bits per heavy atom. The minimum atomic E-state index is -0.234. The second-order valence-electron chi connectivity index (χ2n) is 3.67. The zero-order valence-electron chi connectivity index (χ0n) is 10.0. The van der Waals surface area contributed by atoms with E-state index in [0.29, 0.717) is 11.3 Å². The molecule has 0 spiro atoms. The third kappa shape index (κ3) is 2.33. The minimum absolute atomic E-state index is 0.0924. The zero-order valence-corrected chi connectivity index (χ0v) is 10.8. The lowest BCUT2D eigenvalue weighted by atomic mass is 10.2. The number of hydrogen-bond acceptors (Lipinski definition) is 3. The molecule has 2 aromatic rings. The monoisotopic (exact) mass is 265 g/mol. The number of rotatable bonds is 3. The molecular weight excluding hydrogens is 254 g/mol. The maximum atomic E-state index is 12.2. The average Bonchev–Trinajstić information content (AvgIpc) is 2.83. The number of hydrogen-bond donors (Lipinski definition) is 0. The van der Waals surface area contributed by atoms with Crippen molar-refractivity contribution in [3.05, 3.63) is 47.4 Å². The van der Waals surface area contributed by atoms with Gasteiger partial charge in [-0.15, -0.1) is 0 Å². The molecule has 0 bridgehead atoms. The van der Waals surface area contributed by atoms with Gasteiger partial charge < -0.3 is 14.1 Å². The summed E-state index contributed by atoms with van der Waals surface area (Å²) in [4.78, 5) is 13.7. The maximum Gasteiger partial charge on any atom is 0.262 e. The van der Waals surface area contributed by atoms with Crippen LogP contribution in [0.4, 0.5) is 5.69 Å². The number of carbonyl (C=O) groups excluding carboxylic acids is 1. The molecule has 0 saturated carbocycles. The van der Waals surface area contributed by atoms with Gasteiger partial charge in [0.05, 0.1) is 18.9 Å². The van der Waals surface area contributed by atoms with E-state index in [1.54, 1.807) is 26.3 Å². The lowest BCUT2D eigenvalue weighted by molar-refractivity contribution is 0.0992. The first-order chi connectivity index (χ1) is 8.63. The summed E-state index contributed by atoms with van der Waals surface area (Å²) in [6.45, 7) is 0. The largest absolute Gasteiger partial charge is 0.497 e. The van der Waals surface area contributed by atoms with Crippen LogP contribution >= 0.6 is 11.6 Å². The molecule has 0 aliphatic carbocycles. The van der Waals surface area contributed by atoms with Crippen molar-refractivity contribution in [2.24, 2.45) is 0 Å². The summed E-state index contributed by atoms with van der Waals surface area (Å²) in [6, 6.07) is 8.75. The Morgan fingerprint density at radius 1 is 1.39 bits per heavy atom. The highest BCUT2D eigenvalue weighted by Gasteiger charge is 2.18. The summed E-state index contributed by atoms with van der Waals surface area (Å²) in [5.41, 5.74) is 1.05. The summed E-state index contributed by atoms with van der Waals surface area (Å²) < 4.78 is 10.0. The molecule has 1 aromatic carbocycles. The van der Waals surface area contributed by atoms with E-state index in [0.717, 1.165) is 5.69 Å². The molecule has 1 aromatic heterocycles. The molecule has 18 heavy (non-hydrogen) atoms. The highest BCUT2D eigenvalue weighted by atomic mass is 35.5. The van der Waals surface area contributed by atoms with E-state index < -0.39 is 0 Å². The normalized spacial score (nSPS) is 10.2. The number of furan rings is 1. The van der Waals surface area contributed by atoms with E-state index in [2.05, 4.69) is 0 Å². The Kier molecular flexibility index (Phi) is 3.58. The van der Waals surface area contributed by atoms with Gasteiger partial charge in [-0.25, -0.2) is 0 Å². The molecule has 0 radical (unpaired) electrons. The van der Waals surface area contributed by atoms with Crippen LogP contribution in [-0.2, 0) is 0 Å². The van der Waals surface area contributed by atoms with Gasteiger partial charge in [-0.3, -0.25) is 4.79 Å². The lowest BCUT2D eigenvalue weighted by Gasteiger charge is -2.17. The highest BCUT2D eigenvalue weighted by molar-refractivity contribution is 6.32. The second-order valence-corrected chi connectivity index (χ2v) is 4.02. The third-order valence-corrected chi connectivity index (χ3v) is 2.89. The van der Waals surface area contributed by atoms with Gasteiger partial charge in [-0.2, -0.15) is 0 Å². The van der Waals surface area contributed by atoms with Crippen LogP contribution in [-0.4, -0.2) is 20.1 Å². The number of nitrogens with zero attached hydrogens (tertiary/aromatic N) is 1. The Morgan fingerprint density at radius 2 is 2.17 bits per heavy atom. The van der Waals surface area contributed by atoms with Crippen molar-refractivity contribution < 1.29 is 13.9 Å². The average molecular weight is 266 g/mol. The van der Waals surface area contributed by atoms with Crippen molar-refractivity contribution in [2.45, 2.75) is 0 Å². The van der Waals surface area contributed by atoms with E-state index in [-0.39, 0.29) is 11.1 Å². The summed E-state index contributed by atoms with van der Waals surface area (Å²) in [5, 5.41) is 0.0924. The van der Waals surface area contributed by atoms with Gasteiger partial charge >= 0.3 is 0 Å². The molecule has 1 amide bonds. The maximum absolute atomic E-state index is 12.2. The SMILES string of the molecule is COc1cccc(N(C)C(=O)c2ccoc2Cl)c1. The summed E-state index contributed by atoms with van der Waals surface area (Å²) >= 11 is 5.79.